The first-order chi connectivity index (χ1) is 20.7. The van der Waals surface area contributed by atoms with E-state index in [1.54, 1.807) is 35.7 Å². The van der Waals surface area contributed by atoms with Crippen molar-refractivity contribution in [2.24, 2.45) is 0 Å². The van der Waals surface area contributed by atoms with Crippen LogP contribution in [0.25, 0.3) is 11.0 Å². The number of hydrogen-bond donors (Lipinski definition) is 0. The van der Waals surface area contributed by atoms with Crippen molar-refractivity contribution < 1.29 is 0 Å². The third kappa shape index (κ3) is 4.00. The highest BCUT2D eigenvalue weighted by Crippen LogP contribution is 2.56. The molecule has 0 saturated carbocycles. The Morgan fingerprint density at radius 1 is 0.476 bits per heavy atom. The number of aromatic nitrogens is 2. The molecule has 196 valence electrons. The maximum Gasteiger partial charge on any atom is 0.101 e. The molecule has 0 radical (unpaired) electrons. The summed E-state index contributed by atoms with van der Waals surface area (Å²) >= 11 is 3.52. The van der Waals surface area contributed by atoms with Crippen LogP contribution >= 0.6 is 23.5 Å². The van der Waals surface area contributed by atoms with Crippen molar-refractivity contribution >= 4 is 34.6 Å². The Balaban J connectivity index is 1.32. The maximum absolute atomic E-state index is 9.66. The predicted octanol–water partition coefficient (Wildman–Crippen LogP) is 8.66. The van der Waals surface area contributed by atoms with Crippen LogP contribution in [0.3, 0.4) is 0 Å². The SMILES string of the molecule is N#Cc1cc2nc3c(nc2cc1C#N)C1c2cc(Sc4ccccc4)ccc2C3c2ccc(Sc3ccccc3)cc21. The zero-order chi connectivity index (χ0) is 28.2. The topological polar surface area (TPSA) is 73.4 Å². The van der Waals surface area contributed by atoms with E-state index in [0.717, 1.165) is 11.4 Å². The summed E-state index contributed by atoms with van der Waals surface area (Å²) < 4.78 is 0. The molecule has 0 aliphatic heterocycles. The van der Waals surface area contributed by atoms with Crippen molar-refractivity contribution in [3.05, 3.63) is 154 Å². The molecule has 0 saturated heterocycles. The van der Waals surface area contributed by atoms with Crippen LogP contribution in [-0.2, 0) is 0 Å². The van der Waals surface area contributed by atoms with E-state index in [-0.39, 0.29) is 11.8 Å². The molecule has 0 spiro atoms. The second-order valence-electron chi connectivity index (χ2n) is 10.4. The lowest BCUT2D eigenvalue weighted by molar-refractivity contribution is 0.704. The molecule has 0 unspecified atom stereocenters. The van der Waals surface area contributed by atoms with Gasteiger partial charge in [0.15, 0.2) is 0 Å². The molecule has 0 atom stereocenters. The third-order valence-electron chi connectivity index (χ3n) is 7.97. The molecule has 6 heteroatoms. The van der Waals surface area contributed by atoms with Crippen LogP contribution in [0.1, 0.15) is 56.6 Å². The fraction of sp³-hybridized carbons (Fsp3) is 0.0556. The molecule has 1 aromatic heterocycles. The number of nitriles is 2. The largest absolute Gasteiger partial charge is 0.248 e. The lowest BCUT2D eigenvalue weighted by atomic mass is 9.64. The Labute approximate surface area is 251 Å². The summed E-state index contributed by atoms with van der Waals surface area (Å²) in [6.07, 6.45) is 0. The molecule has 0 amide bonds. The van der Waals surface area contributed by atoms with Crippen LogP contribution in [0, 0.1) is 22.7 Å². The van der Waals surface area contributed by atoms with E-state index in [4.69, 9.17) is 9.97 Å². The molecule has 4 nitrogen and oxygen atoms in total. The van der Waals surface area contributed by atoms with E-state index in [1.807, 2.05) is 12.1 Å². The Morgan fingerprint density at radius 3 is 1.33 bits per heavy atom. The van der Waals surface area contributed by atoms with Gasteiger partial charge in [0.1, 0.15) is 12.1 Å². The zero-order valence-electron chi connectivity index (χ0n) is 22.2. The number of nitrogens with zero attached hydrogens (tertiary/aromatic N) is 4. The van der Waals surface area contributed by atoms with E-state index in [0.29, 0.717) is 22.2 Å². The first kappa shape index (κ1) is 24.9. The molecule has 42 heavy (non-hydrogen) atoms. The van der Waals surface area contributed by atoms with Gasteiger partial charge in [0.25, 0.3) is 0 Å². The van der Waals surface area contributed by atoms with E-state index < -0.39 is 0 Å². The van der Waals surface area contributed by atoms with Crippen molar-refractivity contribution in [2.45, 2.75) is 31.4 Å². The van der Waals surface area contributed by atoms with Gasteiger partial charge in [-0.1, -0.05) is 72.1 Å². The fourth-order valence-corrected chi connectivity index (χ4v) is 7.95. The van der Waals surface area contributed by atoms with Gasteiger partial charge in [-0.15, -0.1) is 0 Å². The minimum absolute atomic E-state index is 0.0559. The summed E-state index contributed by atoms with van der Waals surface area (Å²) in [5.74, 6) is -0.139. The van der Waals surface area contributed by atoms with Crippen molar-refractivity contribution in [3.8, 4) is 12.1 Å². The Kier molecular flexibility index (Phi) is 5.86. The normalized spacial score (nSPS) is 15.8. The highest BCUT2D eigenvalue weighted by atomic mass is 32.2. The van der Waals surface area contributed by atoms with Crippen LogP contribution in [0.4, 0.5) is 0 Å². The van der Waals surface area contributed by atoms with E-state index >= 15 is 0 Å². The average molecular weight is 573 g/mol. The highest BCUT2D eigenvalue weighted by Gasteiger charge is 2.44. The molecule has 0 fully saturated rings. The minimum atomic E-state index is -0.0827. The molecular formula is C36H20N4S2. The van der Waals surface area contributed by atoms with Gasteiger partial charge in [0.2, 0.25) is 0 Å². The van der Waals surface area contributed by atoms with Gasteiger partial charge >= 0.3 is 0 Å². The Hall–Kier alpha value is -4.88. The van der Waals surface area contributed by atoms with Gasteiger partial charge in [-0.25, -0.2) is 9.97 Å². The molecule has 3 aliphatic rings. The quantitative estimate of drug-likeness (QED) is 0.210. The summed E-state index contributed by atoms with van der Waals surface area (Å²) in [4.78, 5) is 15.1. The molecule has 9 rings (SSSR count). The van der Waals surface area contributed by atoms with E-state index in [9.17, 15) is 10.5 Å². The summed E-state index contributed by atoms with van der Waals surface area (Å²) in [5.41, 5.74) is 8.83. The zero-order valence-corrected chi connectivity index (χ0v) is 23.8. The van der Waals surface area contributed by atoms with Gasteiger partial charge in [0.05, 0.1) is 45.4 Å². The monoisotopic (exact) mass is 572 g/mol. The van der Waals surface area contributed by atoms with Crippen molar-refractivity contribution in [3.63, 3.8) is 0 Å². The molecule has 1 heterocycles. The Bertz CT molecular complexity index is 2040. The van der Waals surface area contributed by atoms with Gasteiger partial charge in [-0.05, 0) is 82.9 Å². The van der Waals surface area contributed by atoms with Gasteiger partial charge in [-0.3, -0.25) is 0 Å². The summed E-state index contributed by atoms with van der Waals surface area (Å²) in [6, 6.07) is 42.1. The average Bonchev–Trinajstić information content (AvgIpc) is 3.03. The van der Waals surface area contributed by atoms with Gasteiger partial charge in [-0.2, -0.15) is 10.5 Å². The first-order valence-corrected chi connectivity index (χ1v) is 15.2. The molecule has 3 aliphatic carbocycles. The van der Waals surface area contributed by atoms with Crippen molar-refractivity contribution in [1.82, 2.24) is 9.97 Å². The highest BCUT2D eigenvalue weighted by molar-refractivity contribution is 7.99. The van der Waals surface area contributed by atoms with E-state index in [2.05, 4.69) is 97.1 Å². The first-order valence-electron chi connectivity index (χ1n) is 13.6. The van der Waals surface area contributed by atoms with Crippen LogP contribution in [0.5, 0.6) is 0 Å². The van der Waals surface area contributed by atoms with Gasteiger partial charge < -0.3 is 0 Å². The van der Waals surface area contributed by atoms with Crippen LogP contribution in [0.15, 0.2) is 129 Å². The lowest BCUT2D eigenvalue weighted by Gasteiger charge is -2.41. The van der Waals surface area contributed by atoms with Crippen LogP contribution < -0.4 is 0 Å². The Morgan fingerprint density at radius 2 is 0.905 bits per heavy atom. The van der Waals surface area contributed by atoms with Crippen molar-refractivity contribution in [1.29, 1.82) is 10.5 Å². The molecule has 2 bridgehead atoms. The maximum atomic E-state index is 9.66. The van der Waals surface area contributed by atoms with Gasteiger partial charge in [0, 0.05) is 19.6 Å². The number of rotatable bonds is 4. The fourth-order valence-electron chi connectivity index (χ4n) is 6.17. The van der Waals surface area contributed by atoms with Crippen LogP contribution in [0.2, 0.25) is 0 Å². The van der Waals surface area contributed by atoms with Crippen LogP contribution in [-0.4, -0.2) is 9.97 Å². The molecular weight excluding hydrogens is 553 g/mol. The summed E-state index contributed by atoms with van der Waals surface area (Å²) in [5, 5.41) is 19.3. The van der Waals surface area contributed by atoms with Crippen molar-refractivity contribution in [2.75, 3.05) is 0 Å². The number of hydrogen-bond acceptors (Lipinski definition) is 6. The molecule has 5 aromatic carbocycles. The molecule has 0 N–H and O–H groups in total. The molecule has 6 aromatic rings. The summed E-state index contributed by atoms with van der Waals surface area (Å²) in [7, 11) is 0. The standard InChI is InChI=1S/C36H20N4S2/c37-19-21-15-31-32(16-22(21)20-38)40-36-34-29-17-25(41-23-7-3-1-4-8-23)11-13-27(29)33(35(36)39-31)28-14-12-26(18-30(28)34)42-24-9-5-2-6-10-24/h1-18,33-34H. The number of fused-ring (bicyclic) bond motifs is 1. The predicted molar refractivity (Wildman–Crippen MR) is 165 cm³/mol. The third-order valence-corrected chi connectivity index (χ3v) is 9.96. The second-order valence-corrected chi connectivity index (χ2v) is 12.7. The lowest BCUT2D eigenvalue weighted by Crippen LogP contribution is -2.29. The van der Waals surface area contributed by atoms with E-state index in [1.165, 1.54) is 41.8 Å². The summed E-state index contributed by atoms with van der Waals surface area (Å²) in [6.45, 7) is 0. The smallest absolute Gasteiger partial charge is 0.101 e. The number of benzene rings is 5. The minimum Gasteiger partial charge on any atom is -0.248 e. The second kappa shape index (κ2) is 9.89.